The SMILES string of the molecule is CCc1ccc(N(CC(=O)N(Cc2cccc(Br)c2)[C@H](C)C(=O)N[C@H](C)CC)S(=O)(=O)c2ccccc2)cc1. The highest BCUT2D eigenvalue weighted by molar-refractivity contribution is 9.10. The van der Waals surface area contributed by atoms with E-state index in [1.807, 2.05) is 57.2 Å². The average Bonchev–Trinajstić information content (AvgIpc) is 2.94. The lowest BCUT2D eigenvalue weighted by Crippen LogP contribution is -2.52. The number of nitrogens with one attached hydrogen (secondary N) is 1. The van der Waals surface area contributed by atoms with Crippen LogP contribution in [-0.2, 0) is 32.6 Å². The minimum absolute atomic E-state index is 0.0604. The number of sulfonamides is 1. The average molecular weight is 615 g/mol. The summed E-state index contributed by atoms with van der Waals surface area (Å²) in [6, 6.07) is 21.8. The molecule has 0 spiro atoms. The van der Waals surface area contributed by atoms with Crippen LogP contribution in [-0.4, -0.2) is 43.8 Å². The van der Waals surface area contributed by atoms with Gasteiger partial charge in [-0.1, -0.05) is 72.2 Å². The molecule has 1 N–H and O–H groups in total. The van der Waals surface area contributed by atoms with Gasteiger partial charge in [-0.3, -0.25) is 13.9 Å². The Morgan fingerprint density at radius 3 is 2.15 bits per heavy atom. The summed E-state index contributed by atoms with van der Waals surface area (Å²) in [6.07, 6.45) is 1.54. The Morgan fingerprint density at radius 1 is 0.897 bits per heavy atom. The zero-order valence-corrected chi connectivity index (χ0v) is 25.2. The van der Waals surface area contributed by atoms with Gasteiger partial charge in [0, 0.05) is 17.1 Å². The van der Waals surface area contributed by atoms with E-state index >= 15 is 0 Å². The van der Waals surface area contributed by atoms with E-state index in [9.17, 15) is 18.0 Å². The quantitative estimate of drug-likeness (QED) is 0.291. The summed E-state index contributed by atoms with van der Waals surface area (Å²) >= 11 is 3.46. The normalized spacial score (nSPS) is 12.8. The van der Waals surface area contributed by atoms with Crippen LogP contribution >= 0.6 is 15.9 Å². The molecule has 3 rings (SSSR count). The van der Waals surface area contributed by atoms with Crippen molar-refractivity contribution in [2.24, 2.45) is 0 Å². The molecule has 0 saturated heterocycles. The predicted octanol–water partition coefficient (Wildman–Crippen LogP) is 5.54. The van der Waals surface area contributed by atoms with Gasteiger partial charge in [0.2, 0.25) is 11.8 Å². The van der Waals surface area contributed by atoms with E-state index in [-0.39, 0.29) is 23.4 Å². The minimum Gasteiger partial charge on any atom is -0.352 e. The number of amides is 2. The van der Waals surface area contributed by atoms with Crippen molar-refractivity contribution in [3.05, 3.63) is 94.5 Å². The zero-order valence-electron chi connectivity index (χ0n) is 22.8. The van der Waals surface area contributed by atoms with E-state index in [0.717, 1.165) is 32.7 Å². The van der Waals surface area contributed by atoms with E-state index in [4.69, 9.17) is 0 Å². The minimum atomic E-state index is -4.07. The van der Waals surface area contributed by atoms with E-state index in [2.05, 4.69) is 21.2 Å². The van der Waals surface area contributed by atoms with E-state index in [0.29, 0.717) is 5.69 Å². The van der Waals surface area contributed by atoms with Crippen molar-refractivity contribution in [2.45, 2.75) is 64.1 Å². The van der Waals surface area contributed by atoms with Gasteiger partial charge < -0.3 is 10.2 Å². The van der Waals surface area contributed by atoms with Gasteiger partial charge in [-0.05, 0) is 74.2 Å². The van der Waals surface area contributed by atoms with Crippen LogP contribution in [0.15, 0.2) is 88.2 Å². The first-order valence-electron chi connectivity index (χ1n) is 13.1. The van der Waals surface area contributed by atoms with Crippen LogP contribution in [0.3, 0.4) is 0 Å². The first-order chi connectivity index (χ1) is 18.6. The summed E-state index contributed by atoms with van der Waals surface area (Å²) in [5.41, 5.74) is 2.24. The molecule has 2 atom stereocenters. The van der Waals surface area contributed by atoms with Gasteiger partial charge in [-0.2, -0.15) is 0 Å². The molecule has 0 bridgehead atoms. The molecule has 39 heavy (non-hydrogen) atoms. The highest BCUT2D eigenvalue weighted by Gasteiger charge is 2.32. The lowest BCUT2D eigenvalue weighted by molar-refractivity contribution is -0.139. The topological polar surface area (TPSA) is 86.8 Å². The zero-order chi connectivity index (χ0) is 28.6. The third-order valence-corrected chi connectivity index (χ3v) is 8.93. The van der Waals surface area contributed by atoms with Crippen molar-refractivity contribution in [1.29, 1.82) is 0 Å². The van der Waals surface area contributed by atoms with Crippen LogP contribution in [0, 0.1) is 0 Å². The second-order valence-corrected chi connectivity index (χ2v) is 12.3. The van der Waals surface area contributed by atoms with Crippen molar-refractivity contribution in [2.75, 3.05) is 10.8 Å². The summed E-state index contributed by atoms with van der Waals surface area (Å²) in [5.74, 6) is -0.779. The van der Waals surface area contributed by atoms with E-state index in [1.54, 1.807) is 37.3 Å². The summed E-state index contributed by atoms with van der Waals surface area (Å²) < 4.78 is 29.6. The Balaban J connectivity index is 2.02. The van der Waals surface area contributed by atoms with Crippen LogP contribution in [0.2, 0.25) is 0 Å². The number of halogens is 1. The molecular formula is C30H36BrN3O4S. The highest BCUT2D eigenvalue weighted by Crippen LogP contribution is 2.25. The van der Waals surface area contributed by atoms with Crippen molar-refractivity contribution >= 4 is 43.5 Å². The predicted molar refractivity (Wildman–Crippen MR) is 159 cm³/mol. The number of carbonyl (C=O) groups excluding carboxylic acids is 2. The summed E-state index contributed by atoms with van der Waals surface area (Å²) in [4.78, 5) is 28.6. The summed E-state index contributed by atoms with van der Waals surface area (Å²) in [5, 5.41) is 2.94. The van der Waals surface area contributed by atoms with Crippen molar-refractivity contribution in [3.8, 4) is 0 Å². The standard InChI is InChI=1S/C30H36BrN3O4S/c1-5-22(3)32-30(36)23(4)33(20-25-11-10-12-26(31)19-25)29(35)21-34(27-17-15-24(6-2)16-18-27)39(37,38)28-13-8-7-9-14-28/h7-19,22-23H,5-6,20-21H2,1-4H3,(H,32,36)/t22-,23-/m1/s1. The van der Waals surface area contributed by atoms with Crippen molar-refractivity contribution in [3.63, 3.8) is 0 Å². The molecule has 208 valence electrons. The molecule has 2 amide bonds. The molecule has 7 nitrogen and oxygen atoms in total. The fourth-order valence-corrected chi connectivity index (χ4v) is 5.91. The van der Waals surface area contributed by atoms with Gasteiger partial charge in [0.05, 0.1) is 10.6 Å². The fraction of sp³-hybridized carbons (Fsp3) is 0.333. The largest absolute Gasteiger partial charge is 0.352 e. The Bertz CT molecular complexity index is 1360. The smallest absolute Gasteiger partial charge is 0.264 e. The third-order valence-electron chi connectivity index (χ3n) is 6.65. The first kappa shape index (κ1) is 30.4. The van der Waals surface area contributed by atoms with Gasteiger partial charge >= 0.3 is 0 Å². The maximum Gasteiger partial charge on any atom is 0.264 e. The number of anilines is 1. The van der Waals surface area contributed by atoms with Crippen molar-refractivity contribution < 1.29 is 18.0 Å². The fourth-order valence-electron chi connectivity index (χ4n) is 4.03. The Morgan fingerprint density at radius 2 is 1.56 bits per heavy atom. The molecule has 0 radical (unpaired) electrons. The molecule has 3 aromatic rings. The number of carbonyl (C=O) groups is 2. The van der Waals surface area contributed by atoms with Gasteiger partial charge in [0.25, 0.3) is 10.0 Å². The number of nitrogens with zero attached hydrogens (tertiary/aromatic N) is 2. The van der Waals surface area contributed by atoms with Gasteiger partial charge in [0.15, 0.2) is 0 Å². The number of hydrogen-bond donors (Lipinski definition) is 1. The molecule has 0 aliphatic heterocycles. The number of hydrogen-bond acceptors (Lipinski definition) is 4. The summed E-state index contributed by atoms with van der Waals surface area (Å²) in [6.45, 7) is 7.23. The monoisotopic (exact) mass is 613 g/mol. The van der Waals surface area contributed by atoms with Crippen LogP contribution in [0.25, 0.3) is 0 Å². The molecule has 3 aromatic carbocycles. The Kier molecular flexibility index (Phi) is 10.7. The van der Waals surface area contributed by atoms with E-state index in [1.165, 1.54) is 17.0 Å². The van der Waals surface area contributed by atoms with Crippen LogP contribution in [0.5, 0.6) is 0 Å². The molecule has 0 saturated carbocycles. The molecule has 0 unspecified atom stereocenters. The molecule has 0 aromatic heterocycles. The van der Waals surface area contributed by atoms with Crippen LogP contribution in [0.1, 0.15) is 45.2 Å². The highest BCUT2D eigenvalue weighted by atomic mass is 79.9. The molecule has 0 heterocycles. The molecule has 0 aliphatic rings. The maximum absolute atomic E-state index is 13.9. The molecule has 0 fully saturated rings. The van der Waals surface area contributed by atoms with E-state index < -0.39 is 28.5 Å². The third kappa shape index (κ3) is 7.92. The lowest BCUT2D eigenvalue weighted by atomic mass is 10.1. The lowest BCUT2D eigenvalue weighted by Gasteiger charge is -2.32. The second kappa shape index (κ2) is 13.8. The Hall–Kier alpha value is -3.17. The van der Waals surface area contributed by atoms with Gasteiger partial charge in [-0.15, -0.1) is 0 Å². The molecular weight excluding hydrogens is 578 g/mol. The molecule has 0 aliphatic carbocycles. The number of benzene rings is 3. The summed E-state index contributed by atoms with van der Waals surface area (Å²) in [7, 11) is -4.07. The van der Waals surface area contributed by atoms with Crippen LogP contribution in [0.4, 0.5) is 5.69 Å². The van der Waals surface area contributed by atoms with Gasteiger partial charge in [-0.25, -0.2) is 8.42 Å². The number of aryl methyl sites for hydroxylation is 1. The van der Waals surface area contributed by atoms with Crippen molar-refractivity contribution in [1.82, 2.24) is 10.2 Å². The maximum atomic E-state index is 13.9. The van der Waals surface area contributed by atoms with Crippen LogP contribution < -0.4 is 9.62 Å². The Labute approximate surface area is 240 Å². The number of rotatable bonds is 12. The van der Waals surface area contributed by atoms with Gasteiger partial charge in [0.1, 0.15) is 12.6 Å². The first-order valence-corrected chi connectivity index (χ1v) is 15.3. The second-order valence-electron chi connectivity index (χ2n) is 9.49. The molecule has 9 heteroatoms.